The summed E-state index contributed by atoms with van der Waals surface area (Å²) in [5.41, 5.74) is 2.18. The van der Waals surface area contributed by atoms with E-state index in [1.54, 1.807) is 6.33 Å². The second kappa shape index (κ2) is 6.52. The van der Waals surface area contributed by atoms with E-state index in [-0.39, 0.29) is 0 Å². The second-order valence-corrected chi connectivity index (χ2v) is 5.07. The molecule has 1 heterocycles. The van der Waals surface area contributed by atoms with Crippen LogP contribution < -0.4 is 10.6 Å². The minimum atomic E-state index is 0.778. The van der Waals surface area contributed by atoms with Gasteiger partial charge >= 0.3 is 0 Å². The van der Waals surface area contributed by atoms with Crippen molar-refractivity contribution < 1.29 is 0 Å². The molecule has 1 aromatic heterocycles. The molecule has 0 aliphatic carbocycles. The second-order valence-electron chi connectivity index (χ2n) is 4.28. The van der Waals surface area contributed by atoms with Gasteiger partial charge < -0.3 is 10.6 Å². The summed E-state index contributed by atoms with van der Waals surface area (Å²) in [6.07, 6.45) is 2.63. The molecule has 2 N–H and O–H groups in total. The van der Waals surface area contributed by atoms with E-state index in [9.17, 15) is 0 Å². The summed E-state index contributed by atoms with van der Waals surface area (Å²) in [6, 6.07) is 7.99. The topological polar surface area (TPSA) is 49.8 Å². The van der Waals surface area contributed by atoms with Gasteiger partial charge in [-0.05, 0) is 40.9 Å². The number of benzene rings is 1. The van der Waals surface area contributed by atoms with E-state index in [4.69, 9.17) is 0 Å². The van der Waals surface area contributed by atoms with Crippen molar-refractivity contribution in [3.63, 3.8) is 0 Å². The summed E-state index contributed by atoms with van der Waals surface area (Å²) in [6.45, 7) is 5.09. The van der Waals surface area contributed by atoms with Crippen LogP contribution in [0.25, 0.3) is 0 Å². The molecule has 100 valence electrons. The van der Waals surface area contributed by atoms with Crippen molar-refractivity contribution in [1.82, 2.24) is 9.97 Å². The highest BCUT2D eigenvalue weighted by Crippen LogP contribution is 2.28. The number of nitrogens with one attached hydrogen (secondary N) is 2. The Balaban J connectivity index is 2.16. The lowest BCUT2D eigenvalue weighted by molar-refractivity contribution is 0.965. The monoisotopic (exact) mass is 320 g/mol. The molecule has 0 fully saturated rings. The third-order valence-corrected chi connectivity index (χ3v) is 3.73. The molecule has 2 aromatic rings. The molecule has 0 unspecified atom stereocenters. The predicted octanol–water partition coefficient (Wildman–Crippen LogP) is 4.11. The Morgan fingerprint density at radius 2 is 2.00 bits per heavy atom. The molecular formula is C14H17BrN4. The Kier molecular flexibility index (Phi) is 4.74. The van der Waals surface area contributed by atoms with E-state index in [0.29, 0.717) is 0 Å². The zero-order chi connectivity index (χ0) is 13.7. The molecule has 0 atom stereocenters. The number of hydrogen-bond acceptors (Lipinski definition) is 4. The van der Waals surface area contributed by atoms with Crippen LogP contribution in [-0.2, 0) is 0 Å². The van der Waals surface area contributed by atoms with Crippen molar-refractivity contribution in [3.05, 3.63) is 40.6 Å². The Morgan fingerprint density at radius 1 is 1.21 bits per heavy atom. The molecule has 2 rings (SSSR count). The molecule has 0 spiro atoms. The van der Waals surface area contributed by atoms with Gasteiger partial charge in [0.25, 0.3) is 0 Å². The lowest BCUT2D eigenvalue weighted by atomic mass is 10.2. The summed E-state index contributed by atoms with van der Waals surface area (Å²) in [4.78, 5) is 8.42. The molecule has 1 aromatic carbocycles. The largest absolute Gasteiger partial charge is 0.370 e. The minimum Gasteiger partial charge on any atom is -0.370 e. The number of halogens is 1. The van der Waals surface area contributed by atoms with Crippen LogP contribution in [0.1, 0.15) is 18.9 Å². The van der Waals surface area contributed by atoms with Crippen LogP contribution in [0.15, 0.2) is 35.1 Å². The number of nitrogens with zero attached hydrogens (tertiary/aromatic N) is 2. The highest BCUT2D eigenvalue weighted by molar-refractivity contribution is 9.10. The summed E-state index contributed by atoms with van der Waals surface area (Å²) in [5.74, 6) is 1.61. The number of hydrogen-bond donors (Lipinski definition) is 2. The summed E-state index contributed by atoms with van der Waals surface area (Å²) in [5, 5.41) is 6.54. The van der Waals surface area contributed by atoms with Gasteiger partial charge in [0.15, 0.2) is 0 Å². The number of anilines is 3. The van der Waals surface area contributed by atoms with Crippen LogP contribution in [0, 0.1) is 6.92 Å². The molecule has 0 saturated carbocycles. The third kappa shape index (κ3) is 3.67. The first-order valence-electron chi connectivity index (χ1n) is 6.28. The first kappa shape index (κ1) is 13.8. The van der Waals surface area contributed by atoms with Gasteiger partial charge in [-0.15, -0.1) is 0 Å². The van der Waals surface area contributed by atoms with Gasteiger partial charge in [0.1, 0.15) is 18.0 Å². The van der Waals surface area contributed by atoms with E-state index < -0.39 is 0 Å². The Bertz CT molecular complexity index is 557. The first-order chi connectivity index (χ1) is 9.20. The standard InChI is InChI=1S/C14H17BrN4/c1-3-7-16-12-8-13(18-9-17-12)19-11-6-4-5-10(2)14(11)15/h4-6,8-9H,3,7H2,1-2H3,(H2,16,17,18,19). The van der Waals surface area contributed by atoms with Gasteiger partial charge in [0.05, 0.1) is 5.69 Å². The van der Waals surface area contributed by atoms with Crippen LogP contribution in [0.2, 0.25) is 0 Å². The fraction of sp³-hybridized carbons (Fsp3) is 0.286. The predicted molar refractivity (Wildman–Crippen MR) is 83.0 cm³/mol. The Labute approximate surface area is 121 Å². The fourth-order valence-electron chi connectivity index (χ4n) is 1.66. The third-order valence-electron chi connectivity index (χ3n) is 2.68. The van der Waals surface area contributed by atoms with Gasteiger partial charge in [-0.1, -0.05) is 19.1 Å². The van der Waals surface area contributed by atoms with Gasteiger partial charge in [-0.2, -0.15) is 0 Å². The highest BCUT2D eigenvalue weighted by atomic mass is 79.9. The Morgan fingerprint density at radius 3 is 2.79 bits per heavy atom. The Hall–Kier alpha value is -1.62. The average molecular weight is 321 g/mol. The van der Waals surface area contributed by atoms with Crippen molar-refractivity contribution in [2.75, 3.05) is 17.2 Å². The van der Waals surface area contributed by atoms with Gasteiger partial charge in [-0.3, -0.25) is 0 Å². The normalized spacial score (nSPS) is 10.3. The maximum Gasteiger partial charge on any atom is 0.135 e. The number of rotatable bonds is 5. The lowest BCUT2D eigenvalue weighted by Crippen LogP contribution is -2.03. The molecule has 5 heteroatoms. The van der Waals surface area contributed by atoms with Crippen molar-refractivity contribution in [3.8, 4) is 0 Å². The molecule has 0 aliphatic heterocycles. The van der Waals surface area contributed by atoms with E-state index in [2.05, 4.69) is 56.4 Å². The molecular weight excluding hydrogens is 304 g/mol. The maximum atomic E-state index is 4.23. The molecule has 0 aliphatic rings. The van der Waals surface area contributed by atoms with Gasteiger partial charge in [-0.25, -0.2) is 9.97 Å². The fourth-order valence-corrected chi connectivity index (χ4v) is 2.02. The SMILES string of the molecule is CCCNc1cc(Nc2cccc(C)c2Br)ncn1. The van der Waals surface area contributed by atoms with Crippen LogP contribution in [0.4, 0.5) is 17.3 Å². The quantitative estimate of drug-likeness (QED) is 0.870. The summed E-state index contributed by atoms with van der Waals surface area (Å²) in [7, 11) is 0. The molecule has 0 bridgehead atoms. The molecule has 0 saturated heterocycles. The number of aryl methyl sites for hydroxylation is 1. The van der Waals surface area contributed by atoms with E-state index >= 15 is 0 Å². The van der Waals surface area contributed by atoms with Crippen LogP contribution in [0.5, 0.6) is 0 Å². The molecule has 0 radical (unpaired) electrons. The zero-order valence-corrected chi connectivity index (χ0v) is 12.7. The lowest BCUT2D eigenvalue weighted by Gasteiger charge is -2.10. The van der Waals surface area contributed by atoms with Crippen molar-refractivity contribution >= 4 is 33.3 Å². The van der Waals surface area contributed by atoms with E-state index in [0.717, 1.165) is 34.8 Å². The van der Waals surface area contributed by atoms with Crippen molar-refractivity contribution in [1.29, 1.82) is 0 Å². The van der Waals surface area contributed by atoms with Crippen LogP contribution in [-0.4, -0.2) is 16.5 Å². The number of aromatic nitrogens is 2. The molecule has 4 nitrogen and oxygen atoms in total. The maximum absolute atomic E-state index is 4.23. The summed E-state index contributed by atoms with van der Waals surface area (Å²) < 4.78 is 1.05. The average Bonchev–Trinajstić information content (AvgIpc) is 2.42. The first-order valence-corrected chi connectivity index (χ1v) is 7.08. The molecule has 19 heavy (non-hydrogen) atoms. The van der Waals surface area contributed by atoms with Crippen molar-refractivity contribution in [2.24, 2.45) is 0 Å². The van der Waals surface area contributed by atoms with E-state index in [1.165, 1.54) is 5.56 Å². The van der Waals surface area contributed by atoms with Crippen LogP contribution >= 0.6 is 15.9 Å². The van der Waals surface area contributed by atoms with E-state index in [1.807, 2.05) is 18.2 Å². The molecule has 0 amide bonds. The van der Waals surface area contributed by atoms with Crippen molar-refractivity contribution in [2.45, 2.75) is 20.3 Å². The van der Waals surface area contributed by atoms with Crippen LogP contribution in [0.3, 0.4) is 0 Å². The minimum absolute atomic E-state index is 0.778. The smallest absolute Gasteiger partial charge is 0.135 e. The summed E-state index contributed by atoms with van der Waals surface area (Å²) >= 11 is 3.58. The highest BCUT2D eigenvalue weighted by Gasteiger charge is 2.04. The van der Waals surface area contributed by atoms with Gasteiger partial charge in [0.2, 0.25) is 0 Å². The van der Waals surface area contributed by atoms with Gasteiger partial charge in [0, 0.05) is 17.1 Å². The zero-order valence-electron chi connectivity index (χ0n) is 11.1.